The Balaban J connectivity index is 2.03. The van der Waals surface area contributed by atoms with E-state index in [0.717, 1.165) is 11.3 Å². The van der Waals surface area contributed by atoms with Crippen molar-refractivity contribution in [2.45, 2.75) is 24.6 Å². The van der Waals surface area contributed by atoms with Crippen molar-refractivity contribution in [2.24, 2.45) is 0 Å². The lowest BCUT2D eigenvalue weighted by Crippen LogP contribution is -2.35. The van der Waals surface area contributed by atoms with E-state index in [2.05, 4.69) is 0 Å². The molecular formula is C19H19ClF3NO. The first kappa shape index (κ1) is 18.1. The summed E-state index contributed by atoms with van der Waals surface area (Å²) >= 11 is 5.77. The van der Waals surface area contributed by atoms with Crippen LogP contribution in [-0.2, 0) is 6.18 Å². The molecule has 2 aromatic rings. The highest BCUT2D eigenvalue weighted by Crippen LogP contribution is 2.43. The number of fused-ring (bicyclic) bond motifs is 1. The molecule has 1 heterocycles. The summed E-state index contributed by atoms with van der Waals surface area (Å²) < 4.78 is 45.7. The fourth-order valence-corrected chi connectivity index (χ4v) is 3.53. The van der Waals surface area contributed by atoms with Gasteiger partial charge < -0.3 is 9.64 Å². The molecular weight excluding hydrogens is 351 g/mol. The van der Waals surface area contributed by atoms with E-state index in [4.69, 9.17) is 16.3 Å². The third-order valence-corrected chi connectivity index (χ3v) is 4.68. The molecule has 25 heavy (non-hydrogen) atoms. The Labute approximate surface area is 150 Å². The van der Waals surface area contributed by atoms with E-state index in [0.29, 0.717) is 18.5 Å². The van der Waals surface area contributed by atoms with Gasteiger partial charge in [-0.25, -0.2) is 0 Å². The summed E-state index contributed by atoms with van der Waals surface area (Å²) in [7, 11) is 3.89. The van der Waals surface area contributed by atoms with Gasteiger partial charge in [-0.2, -0.15) is 13.2 Å². The third-order valence-electron chi connectivity index (χ3n) is 4.35. The topological polar surface area (TPSA) is 12.5 Å². The van der Waals surface area contributed by atoms with Gasteiger partial charge >= 0.3 is 6.18 Å². The van der Waals surface area contributed by atoms with Crippen LogP contribution in [0.4, 0.5) is 13.2 Å². The van der Waals surface area contributed by atoms with Gasteiger partial charge in [-0.15, -0.1) is 0 Å². The molecule has 2 aromatic carbocycles. The highest BCUT2D eigenvalue weighted by Gasteiger charge is 2.35. The molecule has 3 rings (SSSR count). The molecule has 6 heteroatoms. The first-order valence-electron chi connectivity index (χ1n) is 8.02. The number of alkyl halides is 3. The predicted molar refractivity (Wildman–Crippen MR) is 92.3 cm³/mol. The summed E-state index contributed by atoms with van der Waals surface area (Å²) in [6.45, 7) is 0.699. The molecule has 0 bridgehead atoms. The van der Waals surface area contributed by atoms with Crippen LogP contribution in [0.15, 0.2) is 42.5 Å². The Bertz CT molecular complexity index is 761. The molecule has 0 amide bonds. The maximum atomic E-state index is 13.2. The van der Waals surface area contributed by atoms with Gasteiger partial charge in [-0.3, -0.25) is 0 Å². The first-order chi connectivity index (χ1) is 11.8. The molecule has 1 aliphatic rings. The molecule has 0 saturated carbocycles. The Morgan fingerprint density at radius 2 is 1.88 bits per heavy atom. The standard InChI is InChI=1S/C19H19ClF3NO/c1-24(2)11-13-10-15(14-5-3-4-6-18(14)25-13)12-7-8-17(20)16(9-12)19(21,22)23/h3-9,13,15H,10-11H2,1-2H3. The average molecular weight is 370 g/mol. The highest BCUT2D eigenvalue weighted by atomic mass is 35.5. The number of halogens is 4. The van der Waals surface area contributed by atoms with Crippen LogP contribution in [0.3, 0.4) is 0 Å². The molecule has 1 aliphatic heterocycles. The Morgan fingerprint density at radius 1 is 1.16 bits per heavy atom. The van der Waals surface area contributed by atoms with Crippen molar-refractivity contribution in [3.63, 3.8) is 0 Å². The smallest absolute Gasteiger partial charge is 0.417 e. The Hall–Kier alpha value is -1.72. The van der Waals surface area contributed by atoms with Gasteiger partial charge in [0.2, 0.25) is 0 Å². The minimum atomic E-state index is -4.47. The third kappa shape index (κ3) is 3.93. The van der Waals surface area contributed by atoms with Gasteiger partial charge in [0.15, 0.2) is 0 Å². The quantitative estimate of drug-likeness (QED) is 0.737. The van der Waals surface area contributed by atoms with Gasteiger partial charge in [0.05, 0.1) is 10.6 Å². The highest BCUT2D eigenvalue weighted by molar-refractivity contribution is 6.31. The number of rotatable bonds is 3. The normalized spacial score (nSPS) is 20.3. The van der Waals surface area contributed by atoms with Crippen LogP contribution < -0.4 is 4.74 Å². The molecule has 0 fully saturated rings. The minimum absolute atomic E-state index is 0.0834. The number of nitrogens with zero attached hydrogens (tertiary/aromatic N) is 1. The van der Waals surface area contributed by atoms with E-state index in [1.807, 2.05) is 43.3 Å². The Kier molecular flexibility index (Phi) is 4.98. The molecule has 0 aromatic heterocycles. The number of hydrogen-bond donors (Lipinski definition) is 0. The summed E-state index contributed by atoms with van der Waals surface area (Å²) in [5.41, 5.74) is 0.726. The van der Waals surface area contributed by atoms with Crippen molar-refractivity contribution in [1.29, 1.82) is 0 Å². The van der Waals surface area contributed by atoms with E-state index < -0.39 is 11.7 Å². The van der Waals surface area contributed by atoms with Crippen LogP contribution in [0.5, 0.6) is 5.75 Å². The van der Waals surface area contributed by atoms with Crippen LogP contribution >= 0.6 is 11.6 Å². The number of hydrogen-bond acceptors (Lipinski definition) is 2. The summed E-state index contributed by atoms with van der Waals surface area (Å²) in [4.78, 5) is 2.01. The van der Waals surface area contributed by atoms with E-state index in [9.17, 15) is 13.2 Å². The lowest BCUT2D eigenvalue weighted by atomic mass is 9.83. The molecule has 2 atom stereocenters. The molecule has 2 nitrogen and oxygen atoms in total. The second kappa shape index (κ2) is 6.89. The lowest BCUT2D eigenvalue weighted by molar-refractivity contribution is -0.137. The first-order valence-corrected chi connectivity index (χ1v) is 8.40. The van der Waals surface area contributed by atoms with Crippen molar-refractivity contribution in [2.75, 3.05) is 20.6 Å². The fourth-order valence-electron chi connectivity index (χ4n) is 3.30. The van der Waals surface area contributed by atoms with E-state index >= 15 is 0 Å². The molecule has 0 aliphatic carbocycles. The summed E-state index contributed by atoms with van der Waals surface area (Å²) in [5.74, 6) is 0.572. The van der Waals surface area contributed by atoms with Gasteiger partial charge in [-0.05, 0) is 44.3 Å². The maximum Gasteiger partial charge on any atom is 0.417 e. The van der Waals surface area contributed by atoms with Crippen molar-refractivity contribution >= 4 is 11.6 Å². The molecule has 0 N–H and O–H groups in total. The second-order valence-electron chi connectivity index (χ2n) is 6.57. The number of benzene rings is 2. The number of ether oxygens (including phenoxy) is 1. The van der Waals surface area contributed by atoms with E-state index in [1.54, 1.807) is 6.07 Å². The van der Waals surface area contributed by atoms with Crippen molar-refractivity contribution in [3.05, 3.63) is 64.2 Å². The summed E-state index contributed by atoms with van der Waals surface area (Å²) in [6, 6.07) is 11.7. The summed E-state index contributed by atoms with van der Waals surface area (Å²) in [5, 5.41) is -0.276. The SMILES string of the molecule is CN(C)CC1CC(c2ccc(Cl)c(C(F)(F)F)c2)c2ccccc2O1. The van der Waals surface area contributed by atoms with Crippen molar-refractivity contribution < 1.29 is 17.9 Å². The lowest BCUT2D eigenvalue weighted by Gasteiger charge is -2.34. The van der Waals surface area contributed by atoms with Crippen LogP contribution in [-0.4, -0.2) is 31.6 Å². The Morgan fingerprint density at radius 3 is 2.56 bits per heavy atom. The zero-order chi connectivity index (χ0) is 18.2. The maximum absolute atomic E-state index is 13.2. The van der Waals surface area contributed by atoms with E-state index in [1.165, 1.54) is 12.1 Å². The largest absolute Gasteiger partial charge is 0.489 e. The molecule has 2 unspecified atom stereocenters. The minimum Gasteiger partial charge on any atom is -0.489 e. The van der Waals surface area contributed by atoms with Crippen molar-refractivity contribution in [3.8, 4) is 5.75 Å². The number of para-hydroxylation sites is 1. The van der Waals surface area contributed by atoms with Crippen LogP contribution in [0.2, 0.25) is 5.02 Å². The van der Waals surface area contributed by atoms with Crippen LogP contribution in [0, 0.1) is 0 Å². The zero-order valence-corrected chi connectivity index (χ0v) is 14.7. The second-order valence-corrected chi connectivity index (χ2v) is 6.97. The fraction of sp³-hybridized carbons (Fsp3) is 0.368. The van der Waals surface area contributed by atoms with Gasteiger partial charge in [0, 0.05) is 18.0 Å². The van der Waals surface area contributed by atoms with Crippen LogP contribution in [0.1, 0.15) is 29.0 Å². The molecule has 0 spiro atoms. The number of likely N-dealkylation sites (N-methyl/N-ethyl adjacent to an activating group) is 1. The average Bonchev–Trinajstić information content (AvgIpc) is 2.53. The van der Waals surface area contributed by atoms with Crippen LogP contribution in [0.25, 0.3) is 0 Å². The molecule has 0 radical (unpaired) electrons. The molecule has 0 saturated heterocycles. The predicted octanol–water partition coefficient (Wildman–Crippen LogP) is 5.20. The van der Waals surface area contributed by atoms with E-state index in [-0.39, 0.29) is 17.0 Å². The zero-order valence-electron chi connectivity index (χ0n) is 14.0. The van der Waals surface area contributed by atoms with Gasteiger partial charge in [0.25, 0.3) is 0 Å². The molecule has 134 valence electrons. The van der Waals surface area contributed by atoms with Crippen molar-refractivity contribution in [1.82, 2.24) is 4.90 Å². The summed E-state index contributed by atoms with van der Waals surface area (Å²) in [6.07, 6.45) is -3.94. The monoisotopic (exact) mass is 369 g/mol. The van der Waals surface area contributed by atoms with Gasteiger partial charge in [-0.1, -0.05) is 35.9 Å². The van der Waals surface area contributed by atoms with Gasteiger partial charge in [0.1, 0.15) is 11.9 Å².